The van der Waals surface area contributed by atoms with Gasteiger partial charge < -0.3 is 4.74 Å². The lowest BCUT2D eigenvalue weighted by atomic mass is 10.2. The maximum absolute atomic E-state index is 13.1. The summed E-state index contributed by atoms with van der Waals surface area (Å²) in [5.74, 6) is 2.02. The monoisotopic (exact) mass is 355 g/mol. The molecule has 0 N–H and O–H groups in total. The van der Waals surface area contributed by atoms with E-state index in [1.165, 1.54) is 12.1 Å². The SMILES string of the molecule is C=CCn1c(SCCOc2ccccc2)nnc1-c1ccc(F)cc1. The first-order valence-electron chi connectivity index (χ1n) is 7.88. The Hall–Kier alpha value is -2.60. The van der Waals surface area contributed by atoms with Gasteiger partial charge in [0.25, 0.3) is 0 Å². The van der Waals surface area contributed by atoms with Crippen LogP contribution in [0.3, 0.4) is 0 Å². The molecule has 0 amide bonds. The quantitative estimate of drug-likeness (QED) is 0.340. The summed E-state index contributed by atoms with van der Waals surface area (Å²) in [4.78, 5) is 0. The van der Waals surface area contributed by atoms with E-state index in [1.54, 1.807) is 30.0 Å². The summed E-state index contributed by atoms with van der Waals surface area (Å²) in [5.41, 5.74) is 0.822. The molecule has 2 aromatic carbocycles. The number of rotatable bonds is 8. The topological polar surface area (TPSA) is 39.9 Å². The molecule has 0 aliphatic carbocycles. The van der Waals surface area contributed by atoms with Crippen molar-refractivity contribution < 1.29 is 9.13 Å². The number of ether oxygens (including phenoxy) is 1. The Morgan fingerprint density at radius 2 is 1.84 bits per heavy atom. The standard InChI is InChI=1S/C19H18FN3OS/c1-2-12-23-18(15-8-10-16(20)11-9-15)21-22-19(23)25-14-13-24-17-6-4-3-5-7-17/h2-11H,1,12-14H2. The highest BCUT2D eigenvalue weighted by Crippen LogP contribution is 2.24. The molecule has 3 aromatic rings. The van der Waals surface area contributed by atoms with Crippen molar-refractivity contribution in [3.63, 3.8) is 0 Å². The van der Waals surface area contributed by atoms with E-state index in [9.17, 15) is 4.39 Å². The van der Waals surface area contributed by atoms with Gasteiger partial charge in [-0.3, -0.25) is 4.57 Å². The first kappa shape index (κ1) is 17.2. The summed E-state index contributed by atoms with van der Waals surface area (Å²) in [6.07, 6.45) is 1.79. The zero-order valence-corrected chi connectivity index (χ0v) is 14.5. The van der Waals surface area contributed by atoms with Crippen LogP contribution in [0, 0.1) is 5.82 Å². The fraction of sp³-hybridized carbons (Fsp3) is 0.158. The molecule has 0 aliphatic rings. The molecule has 0 radical (unpaired) electrons. The molecule has 1 heterocycles. The van der Waals surface area contributed by atoms with Crippen molar-refractivity contribution in [3.05, 3.63) is 73.1 Å². The van der Waals surface area contributed by atoms with Gasteiger partial charge in [0.1, 0.15) is 11.6 Å². The van der Waals surface area contributed by atoms with Gasteiger partial charge in [-0.25, -0.2) is 4.39 Å². The summed E-state index contributed by atoms with van der Waals surface area (Å²) >= 11 is 1.57. The van der Waals surface area contributed by atoms with Gasteiger partial charge in [-0.05, 0) is 36.4 Å². The largest absolute Gasteiger partial charge is 0.493 e. The van der Waals surface area contributed by atoms with Crippen LogP contribution in [0.15, 0.2) is 72.4 Å². The van der Waals surface area contributed by atoms with Crippen LogP contribution in [0.5, 0.6) is 5.75 Å². The highest BCUT2D eigenvalue weighted by atomic mass is 32.2. The van der Waals surface area contributed by atoms with Gasteiger partial charge in [-0.1, -0.05) is 36.0 Å². The molecule has 0 atom stereocenters. The minimum absolute atomic E-state index is 0.272. The van der Waals surface area contributed by atoms with Crippen molar-refractivity contribution in [2.24, 2.45) is 0 Å². The Kier molecular flexibility index (Phi) is 5.85. The number of hydrogen-bond donors (Lipinski definition) is 0. The lowest BCUT2D eigenvalue weighted by Gasteiger charge is -2.08. The summed E-state index contributed by atoms with van der Waals surface area (Å²) in [6.45, 7) is 4.95. The van der Waals surface area contributed by atoms with E-state index in [-0.39, 0.29) is 5.82 Å². The summed E-state index contributed by atoms with van der Waals surface area (Å²) in [6, 6.07) is 15.9. The van der Waals surface area contributed by atoms with Crippen LogP contribution >= 0.6 is 11.8 Å². The molecule has 4 nitrogen and oxygen atoms in total. The van der Waals surface area contributed by atoms with Gasteiger partial charge in [0.05, 0.1) is 6.61 Å². The fourth-order valence-electron chi connectivity index (χ4n) is 2.31. The van der Waals surface area contributed by atoms with Crippen LogP contribution in [-0.4, -0.2) is 27.1 Å². The number of hydrogen-bond acceptors (Lipinski definition) is 4. The number of halogens is 1. The van der Waals surface area contributed by atoms with Crippen LogP contribution in [0.2, 0.25) is 0 Å². The number of aromatic nitrogens is 3. The first-order valence-corrected chi connectivity index (χ1v) is 8.87. The minimum atomic E-state index is -0.272. The molecule has 1 aromatic heterocycles. The zero-order chi connectivity index (χ0) is 17.5. The second-order valence-electron chi connectivity index (χ2n) is 5.22. The van der Waals surface area contributed by atoms with E-state index in [4.69, 9.17) is 4.74 Å². The highest BCUT2D eigenvalue weighted by Gasteiger charge is 2.13. The smallest absolute Gasteiger partial charge is 0.191 e. The van der Waals surface area contributed by atoms with Gasteiger partial charge in [0, 0.05) is 17.9 Å². The summed E-state index contributed by atoms with van der Waals surface area (Å²) in [5, 5.41) is 9.30. The Labute approximate surface area is 150 Å². The van der Waals surface area contributed by atoms with E-state index >= 15 is 0 Å². The van der Waals surface area contributed by atoms with Gasteiger partial charge >= 0.3 is 0 Å². The molecule has 0 spiro atoms. The maximum Gasteiger partial charge on any atom is 0.191 e. The molecule has 3 rings (SSSR count). The Morgan fingerprint density at radius 3 is 2.56 bits per heavy atom. The molecule has 128 valence electrons. The number of thioether (sulfide) groups is 1. The van der Waals surface area contributed by atoms with Crippen LogP contribution in [0.1, 0.15) is 0 Å². The van der Waals surface area contributed by atoms with Crippen molar-refractivity contribution in [2.45, 2.75) is 11.7 Å². The lowest BCUT2D eigenvalue weighted by molar-refractivity contribution is 0.344. The average Bonchev–Trinajstić information content (AvgIpc) is 3.03. The first-order chi connectivity index (χ1) is 12.3. The Morgan fingerprint density at radius 1 is 1.08 bits per heavy atom. The van der Waals surface area contributed by atoms with E-state index in [2.05, 4.69) is 16.8 Å². The molecule has 0 bridgehead atoms. The number of allylic oxidation sites excluding steroid dienone is 1. The summed E-state index contributed by atoms with van der Waals surface area (Å²) in [7, 11) is 0. The summed E-state index contributed by atoms with van der Waals surface area (Å²) < 4.78 is 20.8. The Bertz CT molecular complexity index is 818. The van der Waals surface area contributed by atoms with Gasteiger partial charge in [0.15, 0.2) is 11.0 Å². The van der Waals surface area contributed by atoms with Gasteiger partial charge in [-0.2, -0.15) is 0 Å². The molecule has 0 saturated heterocycles. The molecule has 6 heteroatoms. The zero-order valence-electron chi connectivity index (χ0n) is 13.6. The Balaban J connectivity index is 1.66. The van der Waals surface area contributed by atoms with Crippen molar-refractivity contribution in [3.8, 4) is 17.1 Å². The van der Waals surface area contributed by atoms with Gasteiger partial charge in [0.2, 0.25) is 0 Å². The van der Waals surface area contributed by atoms with E-state index in [0.717, 1.165) is 22.2 Å². The normalized spacial score (nSPS) is 10.6. The molecule has 0 fully saturated rings. The predicted molar refractivity (Wildman–Crippen MR) is 98.3 cm³/mol. The highest BCUT2D eigenvalue weighted by molar-refractivity contribution is 7.99. The molecular weight excluding hydrogens is 337 g/mol. The molecule has 0 saturated carbocycles. The number of para-hydroxylation sites is 1. The molecule has 0 unspecified atom stereocenters. The predicted octanol–water partition coefficient (Wildman–Crippen LogP) is 4.44. The maximum atomic E-state index is 13.1. The van der Waals surface area contributed by atoms with Crippen molar-refractivity contribution in [1.29, 1.82) is 0 Å². The van der Waals surface area contributed by atoms with Crippen LogP contribution in [0.25, 0.3) is 11.4 Å². The van der Waals surface area contributed by atoms with Crippen LogP contribution in [-0.2, 0) is 6.54 Å². The average molecular weight is 355 g/mol. The van der Waals surface area contributed by atoms with Crippen molar-refractivity contribution in [1.82, 2.24) is 14.8 Å². The molecule has 25 heavy (non-hydrogen) atoms. The number of nitrogens with zero attached hydrogens (tertiary/aromatic N) is 3. The number of benzene rings is 2. The van der Waals surface area contributed by atoms with E-state index < -0.39 is 0 Å². The molecular formula is C19H18FN3OS. The van der Waals surface area contributed by atoms with Gasteiger partial charge in [-0.15, -0.1) is 16.8 Å². The molecule has 0 aliphatic heterocycles. The van der Waals surface area contributed by atoms with Crippen LogP contribution in [0.4, 0.5) is 4.39 Å². The lowest BCUT2D eigenvalue weighted by Crippen LogP contribution is -2.04. The second-order valence-corrected chi connectivity index (χ2v) is 6.28. The fourth-order valence-corrected chi connectivity index (χ4v) is 3.08. The van der Waals surface area contributed by atoms with E-state index in [0.29, 0.717) is 19.0 Å². The van der Waals surface area contributed by atoms with Crippen molar-refractivity contribution in [2.75, 3.05) is 12.4 Å². The third-order valence-corrected chi connectivity index (χ3v) is 4.39. The van der Waals surface area contributed by atoms with E-state index in [1.807, 2.05) is 34.9 Å². The third kappa shape index (κ3) is 4.48. The van der Waals surface area contributed by atoms with Crippen LogP contribution < -0.4 is 4.74 Å². The van der Waals surface area contributed by atoms with Crippen molar-refractivity contribution >= 4 is 11.8 Å². The minimum Gasteiger partial charge on any atom is -0.493 e. The third-order valence-electron chi connectivity index (χ3n) is 3.46. The second kappa shape index (κ2) is 8.48.